The third kappa shape index (κ3) is 4.41. The van der Waals surface area contributed by atoms with Gasteiger partial charge in [-0.2, -0.15) is 4.98 Å². The van der Waals surface area contributed by atoms with Crippen LogP contribution in [0.2, 0.25) is 5.02 Å². The van der Waals surface area contributed by atoms with Crippen LogP contribution in [0.15, 0.2) is 48.8 Å². The van der Waals surface area contributed by atoms with E-state index in [-0.39, 0.29) is 17.0 Å². The van der Waals surface area contributed by atoms with E-state index in [0.717, 1.165) is 0 Å². The summed E-state index contributed by atoms with van der Waals surface area (Å²) < 4.78 is 19.0. The first-order chi connectivity index (χ1) is 14.5. The van der Waals surface area contributed by atoms with Gasteiger partial charge in [0.25, 0.3) is 5.91 Å². The van der Waals surface area contributed by atoms with Crippen molar-refractivity contribution in [2.45, 2.75) is 6.10 Å². The standard InChI is InChI=1S/C20H18ClFN6O2/c1-23-18(29)12-3-2-4-13(7-12)26-19-24-11-25-20(27-19)28-9-15(10-28)30-14-5-6-17(22)16(21)8-14/h2-8,11,15H,9-10H2,1H3,(H,23,29)(H,24,25,26,27). The maximum Gasteiger partial charge on any atom is 0.251 e. The maximum absolute atomic E-state index is 13.2. The molecule has 0 spiro atoms. The Bertz CT molecular complexity index is 1080. The highest BCUT2D eigenvalue weighted by Crippen LogP contribution is 2.26. The Hall–Kier alpha value is -3.46. The smallest absolute Gasteiger partial charge is 0.251 e. The van der Waals surface area contributed by atoms with E-state index in [0.29, 0.717) is 42.0 Å². The molecule has 4 rings (SSSR count). The summed E-state index contributed by atoms with van der Waals surface area (Å²) >= 11 is 5.78. The van der Waals surface area contributed by atoms with Gasteiger partial charge in [-0.15, -0.1) is 0 Å². The normalized spacial score (nSPS) is 13.5. The van der Waals surface area contributed by atoms with Crippen LogP contribution in [-0.2, 0) is 0 Å². The first-order valence-corrected chi connectivity index (χ1v) is 9.54. The summed E-state index contributed by atoms with van der Waals surface area (Å²) in [6.45, 7) is 1.15. The van der Waals surface area contributed by atoms with Gasteiger partial charge in [0.15, 0.2) is 0 Å². The zero-order valence-electron chi connectivity index (χ0n) is 16.0. The Labute approximate surface area is 177 Å². The van der Waals surface area contributed by atoms with Gasteiger partial charge in [-0.1, -0.05) is 17.7 Å². The van der Waals surface area contributed by atoms with Crippen molar-refractivity contribution in [3.8, 4) is 5.75 Å². The van der Waals surface area contributed by atoms with Crippen LogP contribution in [0.1, 0.15) is 10.4 Å². The third-order valence-electron chi connectivity index (χ3n) is 4.49. The van der Waals surface area contributed by atoms with Crippen LogP contribution >= 0.6 is 11.6 Å². The van der Waals surface area contributed by atoms with Crippen LogP contribution in [0.5, 0.6) is 5.75 Å². The SMILES string of the molecule is CNC(=O)c1cccc(Nc2ncnc(N3CC(Oc4ccc(F)c(Cl)c4)C3)n2)c1. The maximum atomic E-state index is 13.2. The Balaban J connectivity index is 1.37. The molecule has 1 fully saturated rings. The fourth-order valence-corrected chi connectivity index (χ4v) is 3.10. The number of ether oxygens (including phenoxy) is 1. The van der Waals surface area contributed by atoms with Gasteiger partial charge in [-0.25, -0.2) is 14.4 Å². The lowest BCUT2D eigenvalue weighted by molar-refractivity contribution is 0.0963. The Morgan fingerprint density at radius 2 is 2.07 bits per heavy atom. The van der Waals surface area contributed by atoms with Crippen molar-refractivity contribution in [1.82, 2.24) is 20.3 Å². The van der Waals surface area contributed by atoms with E-state index in [1.807, 2.05) is 11.0 Å². The molecule has 1 aromatic heterocycles. The molecule has 3 aromatic rings. The lowest BCUT2D eigenvalue weighted by Crippen LogP contribution is -2.54. The predicted octanol–water partition coefficient (Wildman–Crippen LogP) is 3.03. The highest BCUT2D eigenvalue weighted by Gasteiger charge is 2.31. The number of nitrogens with zero attached hydrogens (tertiary/aromatic N) is 4. The Kier molecular flexibility index (Phi) is 5.62. The summed E-state index contributed by atoms with van der Waals surface area (Å²) in [4.78, 5) is 26.5. The van der Waals surface area contributed by atoms with Crippen LogP contribution in [0, 0.1) is 5.82 Å². The summed E-state index contributed by atoms with van der Waals surface area (Å²) in [6, 6.07) is 11.3. The molecule has 154 valence electrons. The second kappa shape index (κ2) is 8.50. The van der Waals surface area contributed by atoms with E-state index in [4.69, 9.17) is 16.3 Å². The molecule has 0 radical (unpaired) electrons. The van der Waals surface area contributed by atoms with E-state index in [1.54, 1.807) is 31.3 Å². The summed E-state index contributed by atoms with van der Waals surface area (Å²) in [5.41, 5.74) is 1.21. The predicted molar refractivity (Wildman–Crippen MR) is 111 cm³/mol. The van der Waals surface area contributed by atoms with Crippen molar-refractivity contribution in [1.29, 1.82) is 0 Å². The second-order valence-corrected chi connectivity index (χ2v) is 7.02. The van der Waals surface area contributed by atoms with Gasteiger partial charge >= 0.3 is 0 Å². The molecular weight excluding hydrogens is 411 g/mol. The van der Waals surface area contributed by atoms with Gasteiger partial charge in [-0.05, 0) is 30.3 Å². The van der Waals surface area contributed by atoms with E-state index >= 15 is 0 Å². The number of amides is 1. The summed E-state index contributed by atoms with van der Waals surface area (Å²) in [7, 11) is 1.58. The zero-order chi connectivity index (χ0) is 21.1. The van der Waals surface area contributed by atoms with Crippen molar-refractivity contribution in [3.63, 3.8) is 0 Å². The molecule has 10 heteroatoms. The van der Waals surface area contributed by atoms with Crippen LogP contribution < -0.4 is 20.3 Å². The zero-order valence-corrected chi connectivity index (χ0v) is 16.7. The monoisotopic (exact) mass is 428 g/mol. The first kappa shape index (κ1) is 19.8. The minimum atomic E-state index is -0.481. The number of hydrogen-bond acceptors (Lipinski definition) is 7. The molecule has 1 amide bonds. The molecule has 30 heavy (non-hydrogen) atoms. The van der Waals surface area contributed by atoms with Crippen LogP contribution in [0.25, 0.3) is 0 Å². The van der Waals surface area contributed by atoms with Gasteiger partial charge in [0.05, 0.1) is 18.1 Å². The summed E-state index contributed by atoms with van der Waals surface area (Å²) in [5.74, 6) is 0.727. The number of carbonyl (C=O) groups is 1. The van der Waals surface area contributed by atoms with Crippen molar-refractivity contribution in [3.05, 3.63) is 65.2 Å². The van der Waals surface area contributed by atoms with E-state index < -0.39 is 5.82 Å². The van der Waals surface area contributed by atoms with Crippen molar-refractivity contribution in [2.24, 2.45) is 0 Å². The van der Waals surface area contributed by atoms with Crippen molar-refractivity contribution < 1.29 is 13.9 Å². The highest BCUT2D eigenvalue weighted by molar-refractivity contribution is 6.30. The van der Waals surface area contributed by atoms with Gasteiger partial charge < -0.3 is 20.3 Å². The molecule has 2 heterocycles. The molecule has 2 N–H and O–H groups in total. The number of halogens is 2. The molecular formula is C20H18ClFN6O2. The fourth-order valence-electron chi connectivity index (χ4n) is 2.93. The minimum absolute atomic E-state index is 0.0253. The molecule has 0 aliphatic carbocycles. The largest absolute Gasteiger partial charge is 0.487 e. The summed E-state index contributed by atoms with van der Waals surface area (Å²) in [5, 5.41) is 5.69. The molecule has 0 atom stereocenters. The molecule has 1 aliphatic heterocycles. The quantitative estimate of drug-likeness (QED) is 0.623. The molecule has 2 aromatic carbocycles. The number of hydrogen-bond donors (Lipinski definition) is 2. The molecule has 1 aliphatic rings. The first-order valence-electron chi connectivity index (χ1n) is 9.16. The van der Waals surface area contributed by atoms with Crippen molar-refractivity contribution in [2.75, 3.05) is 30.4 Å². The molecule has 0 bridgehead atoms. The average Bonchev–Trinajstić information content (AvgIpc) is 2.72. The number of aromatic nitrogens is 3. The second-order valence-electron chi connectivity index (χ2n) is 6.61. The van der Waals surface area contributed by atoms with Crippen LogP contribution in [0.3, 0.4) is 0 Å². The molecule has 1 saturated heterocycles. The van der Waals surface area contributed by atoms with E-state index in [9.17, 15) is 9.18 Å². The lowest BCUT2D eigenvalue weighted by atomic mass is 10.2. The minimum Gasteiger partial charge on any atom is -0.487 e. The average molecular weight is 429 g/mol. The van der Waals surface area contributed by atoms with Gasteiger partial charge in [0, 0.05) is 24.4 Å². The third-order valence-corrected chi connectivity index (χ3v) is 4.78. The number of carbonyl (C=O) groups excluding carboxylic acids is 1. The Morgan fingerprint density at radius 1 is 1.23 bits per heavy atom. The number of benzene rings is 2. The molecule has 8 nitrogen and oxygen atoms in total. The van der Waals surface area contributed by atoms with Gasteiger partial charge in [0.2, 0.25) is 11.9 Å². The van der Waals surface area contributed by atoms with Crippen LogP contribution in [-0.4, -0.2) is 47.1 Å². The number of anilines is 3. The van der Waals surface area contributed by atoms with Gasteiger partial charge in [-0.3, -0.25) is 4.79 Å². The van der Waals surface area contributed by atoms with E-state index in [1.165, 1.54) is 18.5 Å². The highest BCUT2D eigenvalue weighted by atomic mass is 35.5. The number of rotatable bonds is 6. The van der Waals surface area contributed by atoms with Gasteiger partial charge in [0.1, 0.15) is 24.0 Å². The number of nitrogens with one attached hydrogen (secondary N) is 2. The fraction of sp³-hybridized carbons (Fsp3) is 0.200. The summed E-state index contributed by atoms with van der Waals surface area (Å²) in [6.07, 6.45) is 1.34. The van der Waals surface area contributed by atoms with Crippen molar-refractivity contribution >= 4 is 35.1 Å². The lowest BCUT2D eigenvalue weighted by Gasteiger charge is -2.38. The molecule has 0 unspecified atom stereocenters. The topological polar surface area (TPSA) is 92.3 Å². The molecule has 0 saturated carbocycles. The van der Waals surface area contributed by atoms with Crippen LogP contribution in [0.4, 0.5) is 22.0 Å². The van der Waals surface area contributed by atoms with E-state index in [2.05, 4.69) is 25.6 Å². The Morgan fingerprint density at radius 3 is 2.83 bits per heavy atom.